The van der Waals surface area contributed by atoms with E-state index in [0.717, 1.165) is 0 Å². The van der Waals surface area contributed by atoms with Gasteiger partial charge < -0.3 is 5.32 Å². The van der Waals surface area contributed by atoms with Crippen molar-refractivity contribution in [2.24, 2.45) is 0 Å². The molecule has 0 radical (unpaired) electrons. The van der Waals surface area contributed by atoms with Crippen LogP contribution in [0.2, 0.25) is 0 Å². The summed E-state index contributed by atoms with van der Waals surface area (Å²) >= 11 is 0. The van der Waals surface area contributed by atoms with Gasteiger partial charge in [0, 0.05) is 33.4 Å². The molecule has 0 saturated carbocycles. The Bertz CT molecular complexity index is 3330. The van der Waals surface area contributed by atoms with Crippen LogP contribution in [0.4, 0.5) is 0 Å². The van der Waals surface area contributed by atoms with Gasteiger partial charge in [-0.2, -0.15) is 0 Å². The molecule has 2 N–H and O–H groups in total. The Morgan fingerprint density at radius 1 is 0.517 bits per heavy atom. The zero-order valence-corrected chi connectivity index (χ0v) is 34.4. The van der Waals surface area contributed by atoms with Crippen molar-refractivity contribution in [3.63, 3.8) is 0 Å². The van der Waals surface area contributed by atoms with E-state index in [1.165, 1.54) is 93.4 Å². The molecule has 1 fully saturated rings. The first-order valence-corrected chi connectivity index (χ1v) is 21.2. The van der Waals surface area contributed by atoms with Gasteiger partial charge in [-0.3, -0.25) is 0 Å². The Kier molecular flexibility index (Phi) is 7.76. The number of benzene rings is 8. The number of rotatable bonds is 5. The van der Waals surface area contributed by atoms with Crippen LogP contribution >= 0.6 is 0 Å². The van der Waals surface area contributed by atoms with E-state index in [9.17, 15) is 0 Å². The van der Waals surface area contributed by atoms with Gasteiger partial charge in [-0.25, -0.2) is 9.80 Å². The van der Waals surface area contributed by atoms with E-state index in [0.29, 0.717) is 0 Å². The molecule has 8 aromatic carbocycles. The lowest BCUT2D eigenvalue weighted by molar-refractivity contribution is -0.789. The highest BCUT2D eigenvalue weighted by Gasteiger charge is 2.45. The van der Waals surface area contributed by atoms with Gasteiger partial charge in [0.25, 0.3) is 11.1 Å². The predicted octanol–water partition coefficient (Wildman–Crippen LogP) is 9.22. The van der Waals surface area contributed by atoms with Gasteiger partial charge in [0.1, 0.15) is 16.3 Å². The van der Waals surface area contributed by atoms with Gasteiger partial charge in [0.15, 0.2) is 12.3 Å². The van der Waals surface area contributed by atoms with E-state index in [1.54, 1.807) is 0 Å². The second-order valence-electron chi connectivity index (χ2n) is 17.5. The van der Waals surface area contributed by atoms with Crippen molar-refractivity contribution >= 4 is 38.3 Å². The minimum absolute atomic E-state index is 0.0803. The maximum Gasteiger partial charge on any atom is 0.258 e. The monoisotopic (exact) mass is 777 g/mol. The Balaban J connectivity index is 1.03. The lowest BCUT2D eigenvalue weighted by Crippen LogP contribution is -2.94. The van der Waals surface area contributed by atoms with Gasteiger partial charge in [-0.05, 0) is 83.0 Å². The van der Waals surface area contributed by atoms with Crippen LogP contribution in [0.15, 0.2) is 182 Å². The Hall–Kier alpha value is -6.63. The third kappa shape index (κ3) is 5.01. The minimum Gasteiger partial charge on any atom is -0.308 e. The van der Waals surface area contributed by atoms with E-state index in [2.05, 4.69) is 234 Å². The van der Waals surface area contributed by atoms with E-state index in [4.69, 9.17) is 0 Å². The zero-order chi connectivity index (χ0) is 40.3. The molecule has 0 amide bonds. The lowest BCUT2D eigenvalue weighted by atomic mass is 9.70. The summed E-state index contributed by atoms with van der Waals surface area (Å²) in [6.07, 6.45) is 0.358. The lowest BCUT2D eigenvalue weighted by Gasteiger charge is -2.47. The van der Waals surface area contributed by atoms with Crippen LogP contribution in [0, 0.1) is 0 Å². The number of hydrogen-bond acceptors (Lipinski definition) is 2. The highest BCUT2D eigenvalue weighted by atomic mass is 15.5. The zero-order valence-electron chi connectivity index (χ0n) is 34.4. The minimum atomic E-state index is -0.0803. The van der Waals surface area contributed by atoms with Crippen molar-refractivity contribution in [1.82, 2.24) is 19.2 Å². The Morgan fingerprint density at radius 3 is 1.97 bits per heavy atom. The van der Waals surface area contributed by atoms with Crippen LogP contribution in [0.3, 0.4) is 0 Å². The normalized spacial score (nSPS) is 19.7. The Morgan fingerprint density at radius 2 is 1.15 bits per heavy atom. The quantitative estimate of drug-likeness (QED) is 0.177. The highest BCUT2D eigenvalue weighted by Crippen LogP contribution is 2.42. The summed E-state index contributed by atoms with van der Waals surface area (Å²) in [5, 5.41) is 10.2. The van der Waals surface area contributed by atoms with Crippen molar-refractivity contribution in [3.8, 4) is 11.1 Å². The Labute approximate surface area is 350 Å². The molecule has 1 saturated heterocycles. The first-order chi connectivity index (χ1) is 29.4. The van der Waals surface area contributed by atoms with Crippen LogP contribution in [-0.2, 0) is 5.41 Å². The standard InChI is InChI=1S/C55H46N5/c1-55(2)44-26-14-13-25-42(44)51-50-45(55)27-16-28-47(50)60(51)59-46-31-30-39(34-43(46)49-41-24-12-11-17-35(41)29-32-48(49)59)38-22-15-23-40(33-38)53-56-52(36-18-7-5-8-19-36)57(3)54(58(53)4)37-20-9-6-10-21-37/h5-34,52-54,56H,1-4H3/q+1/p+1. The second-order valence-corrected chi connectivity index (χ2v) is 17.5. The molecule has 5 heteroatoms. The summed E-state index contributed by atoms with van der Waals surface area (Å²) < 4.78 is 4.98. The average molecular weight is 778 g/mol. The molecular weight excluding hydrogens is 731 g/mol. The van der Waals surface area contributed by atoms with Crippen molar-refractivity contribution in [3.05, 3.63) is 226 Å². The third-order valence-corrected chi connectivity index (χ3v) is 13.9. The van der Waals surface area contributed by atoms with Crippen molar-refractivity contribution in [2.45, 2.75) is 37.8 Å². The van der Waals surface area contributed by atoms with Crippen LogP contribution < -0.4 is 20.6 Å². The fourth-order valence-electron chi connectivity index (χ4n) is 11.0. The topological polar surface area (TPSA) is 31.0 Å². The third-order valence-electron chi connectivity index (χ3n) is 13.9. The van der Waals surface area contributed by atoms with Gasteiger partial charge in [-0.15, -0.1) is 4.68 Å². The summed E-state index contributed by atoms with van der Waals surface area (Å²) in [5.74, 6) is 0. The summed E-state index contributed by atoms with van der Waals surface area (Å²) in [7, 11) is 4.53. The molecule has 9 aromatic rings. The molecule has 0 bridgehead atoms. The number of quaternary nitrogens is 1. The number of nitrogens with two attached hydrogens (primary N) is 1. The first-order valence-electron chi connectivity index (χ1n) is 21.2. The first kappa shape index (κ1) is 35.3. The van der Waals surface area contributed by atoms with Crippen LogP contribution in [-0.4, -0.2) is 28.6 Å². The van der Waals surface area contributed by atoms with Crippen LogP contribution in [0.25, 0.3) is 49.4 Å². The maximum absolute atomic E-state index is 2.52. The largest absolute Gasteiger partial charge is 0.308 e. The average Bonchev–Trinajstić information content (AvgIpc) is 3.60. The molecule has 3 heterocycles. The number of nitrogens with zero attached hydrogens (tertiary/aromatic N) is 4. The molecule has 3 unspecified atom stereocenters. The van der Waals surface area contributed by atoms with Gasteiger partial charge in [0.2, 0.25) is 0 Å². The van der Waals surface area contributed by atoms with E-state index >= 15 is 0 Å². The highest BCUT2D eigenvalue weighted by molar-refractivity contribution is 6.21. The molecule has 2 aliphatic heterocycles. The van der Waals surface area contributed by atoms with Crippen molar-refractivity contribution in [2.75, 3.05) is 14.1 Å². The number of hydrogen-bond donors (Lipinski definition) is 1. The van der Waals surface area contributed by atoms with Crippen molar-refractivity contribution in [1.29, 1.82) is 0 Å². The van der Waals surface area contributed by atoms with Gasteiger partial charge in [0.05, 0.1) is 11.7 Å². The summed E-state index contributed by atoms with van der Waals surface area (Å²) in [5.41, 5.74) is 14.1. The summed E-state index contributed by atoms with van der Waals surface area (Å²) in [6, 6.07) is 67.7. The molecule has 1 aliphatic carbocycles. The molecule has 12 rings (SSSR count). The summed E-state index contributed by atoms with van der Waals surface area (Å²) in [4.78, 5) is 5.02. The molecular formula is C55H47N5+2. The van der Waals surface area contributed by atoms with Crippen LogP contribution in [0.1, 0.15) is 65.7 Å². The molecule has 3 aliphatic rings. The van der Waals surface area contributed by atoms with Crippen LogP contribution in [0.5, 0.6) is 0 Å². The van der Waals surface area contributed by atoms with Gasteiger partial charge >= 0.3 is 0 Å². The fraction of sp³-hybridized carbons (Fsp3) is 0.145. The number of aromatic nitrogens is 1. The van der Waals surface area contributed by atoms with E-state index < -0.39 is 0 Å². The fourth-order valence-corrected chi connectivity index (χ4v) is 11.0. The second kappa shape index (κ2) is 13.2. The SMILES string of the molecule is CN1C(c2ccccc2)[NH2+]C(c2cccc(-c3ccc4c(c3)c3c5ccccc5ccc3n4[N+]3=c4cccc5c4=C3c3ccccc3C5(C)C)c2)N(C)C1c1ccccc1. The maximum atomic E-state index is 2.52. The van der Waals surface area contributed by atoms with Crippen molar-refractivity contribution < 1.29 is 5.32 Å². The molecule has 3 atom stereocenters. The van der Waals surface area contributed by atoms with Gasteiger partial charge in [-0.1, -0.05) is 164 Å². The molecule has 290 valence electrons. The molecule has 0 spiro atoms. The summed E-state index contributed by atoms with van der Waals surface area (Å²) in [6.45, 7) is 4.74. The smallest absolute Gasteiger partial charge is 0.258 e. The predicted molar refractivity (Wildman–Crippen MR) is 244 cm³/mol. The number of fused-ring (bicyclic) bond motifs is 7. The van der Waals surface area contributed by atoms with E-state index in [-0.39, 0.29) is 23.9 Å². The molecule has 60 heavy (non-hydrogen) atoms. The molecule has 5 nitrogen and oxygen atoms in total. The van der Waals surface area contributed by atoms with E-state index in [1.807, 2.05) is 0 Å². The molecule has 1 aromatic heterocycles.